The van der Waals surface area contributed by atoms with Crippen molar-refractivity contribution < 1.29 is 19.4 Å². The molecule has 22 heavy (non-hydrogen) atoms. The van der Waals surface area contributed by atoms with Crippen LogP contribution < -0.4 is 5.11 Å². The average molecular weight is 298 g/mol. The second-order valence-electron chi connectivity index (χ2n) is 6.40. The SMILES string of the molecule is Cc1ccc(CN2C[C@@]34C=C[C@H](O3)[C@H](C(=O)[O-])[C@H]4C2=O)cc1. The Labute approximate surface area is 128 Å². The molecule has 2 fully saturated rings. The molecule has 1 spiro atoms. The van der Waals surface area contributed by atoms with Crippen LogP contribution in [-0.2, 0) is 20.9 Å². The van der Waals surface area contributed by atoms with Crippen LogP contribution in [-0.4, -0.2) is 35.0 Å². The quantitative estimate of drug-likeness (QED) is 0.738. The van der Waals surface area contributed by atoms with E-state index in [0.29, 0.717) is 13.1 Å². The zero-order valence-corrected chi connectivity index (χ0v) is 12.2. The molecule has 4 atom stereocenters. The monoisotopic (exact) mass is 298 g/mol. The molecule has 0 saturated carbocycles. The third-order valence-corrected chi connectivity index (χ3v) is 4.94. The van der Waals surface area contributed by atoms with Crippen molar-refractivity contribution in [2.75, 3.05) is 6.54 Å². The summed E-state index contributed by atoms with van der Waals surface area (Å²) in [5.74, 6) is -2.88. The van der Waals surface area contributed by atoms with Crippen molar-refractivity contribution in [3.05, 3.63) is 47.5 Å². The number of fused-ring (bicyclic) bond motifs is 1. The van der Waals surface area contributed by atoms with Crippen molar-refractivity contribution in [1.82, 2.24) is 4.90 Å². The number of hydrogen-bond acceptors (Lipinski definition) is 4. The number of likely N-dealkylation sites (tertiary alicyclic amines) is 1. The largest absolute Gasteiger partial charge is 0.550 e. The molecule has 2 bridgehead atoms. The number of hydrogen-bond donors (Lipinski definition) is 0. The van der Waals surface area contributed by atoms with Crippen molar-refractivity contribution in [3.8, 4) is 0 Å². The summed E-state index contributed by atoms with van der Waals surface area (Å²) in [4.78, 5) is 25.8. The van der Waals surface area contributed by atoms with Gasteiger partial charge in [-0.05, 0) is 12.5 Å². The molecular formula is C17H16NO4-. The summed E-state index contributed by atoms with van der Waals surface area (Å²) in [6.07, 6.45) is 3.08. The summed E-state index contributed by atoms with van der Waals surface area (Å²) < 4.78 is 5.82. The number of carbonyl (C=O) groups excluding carboxylic acids is 2. The van der Waals surface area contributed by atoms with E-state index in [1.807, 2.05) is 37.3 Å². The predicted molar refractivity (Wildman–Crippen MR) is 75.3 cm³/mol. The van der Waals surface area contributed by atoms with Crippen LogP contribution in [0.15, 0.2) is 36.4 Å². The Kier molecular flexibility index (Phi) is 2.72. The summed E-state index contributed by atoms with van der Waals surface area (Å²) in [5.41, 5.74) is 1.41. The Bertz CT molecular complexity index is 680. The molecule has 1 amide bonds. The maximum atomic E-state index is 12.7. The van der Waals surface area contributed by atoms with Crippen molar-refractivity contribution in [1.29, 1.82) is 0 Å². The highest BCUT2D eigenvalue weighted by atomic mass is 16.5. The van der Waals surface area contributed by atoms with Crippen molar-refractivity contribution in [3.63, 3.8) is 0 Å². The molecule has 3 aliphatic heterocycles. The Hall–Kier alpha value is -2.14. The van der Waals surface area contributed by atoms with Crippen molar-refractivity contribution in [2.45, 2.75) is 25.2 Å². The number of carboxylic acids is 1. The number of aryl methyl sites for hydroxylation is 1. The van der Waals surface area contributed by atoms with Gasteiger partial charge in [-0.3, -0.25) is 4.79 Å². The van der Waals surface area contributed by atoms with E-state index >= 15 is 0 Å². The lowest BCUT2D eigenvalue weighted by molar-refractivity contribution is -0.313. The minimum Gasteiger partial charge on any atom is -0.550 e. The Morgan fingerprint density at radius 2 is 2.14 bits per heavy atom. The number of nitrogens with zero attached hydrogens (tertiary/aromatic N) is 1. The maximum Gasteiger partial charge on any atom is 0.230 e. The first-order chi connectivity index (χ1) is 10.5. The average Bonchev–Trinajstić information content (AvgIpc) is 3.10. The summed E-state index contributed by atoms with van der Waals surface area (Å²) in [7, 11) is 0. The third kappa shape index (κ3) is 1.75. The molecule has 2 saturated heterocycles. The van der Waals surface area contributed by atoms with Crippen LogP contribution in [0, 0.1) is 18.8 Å². The Morgan fingerprint density at radius 3 is 2.82 bits per heavy atom. The number of carbonyl (C=O) groups is 2. The van der Waals surface area contributed by atoms with E-state index in [1.54, 1.807) is 11.0 Å². The first-order valence-corrected chi connectivity index (χ1v) is 7.42. The molecule has 0 radical (unpaired) electrons. The molecule has 0 aromatic heterocycles. The van der Waals surface area contributed by atoms with Crippen LogP contribution in [0.3, 0.4) is 0 Å². The van der Waals surface area contributed by atoms with Crippen LogP contribution in [0.1, 0.15) is 11.1 Å². The zero-order valence-electron chi connectivity index (χ0n) is 12.2. The minimum absolute atomic E-state index is 0.151. The predicted octanol–water partition coefficient (Wildman–Crippen LogP) is 0.0269. The fourth-order valence-corrected chi connectivity index (χ4v) is 3.90. The highest BCUT2D eigenvalue weighted by molar-refractivity contribution is 5.90. The fourth-order valence-electron chi connectivity index (χ4n) is 3.90. The molecule has 4 rings (SSSR count). The van der Waals surface area contributed by atoms with Crippen LogP contribution in [0.25, 0.3) is 0 Å². The first kappa shape index (κ1) is 13.5. The van der Waals surface area contributed by atoms with Gasteiger partial charge in [0.25, 0.3) is 0 Å². The zero-order chi connectivity index (χ0) is 15.5. The molecule has 114 valence electrons. The minimum atomic E-state index is -1.20. The van der Waals surface area contributed by atoms with Crippen molar-refractivity contribution in [2.24, 2.45) is 11.8 Å². The van der Waals surface area contributed by atoms with Crippen LogP contribution in [0.2, 0.25) is 0 Å². The number of amides is 1. The lowest BCUT2D eigenvalue weighted by Crippen LogP contribution is -2.45. The lowest BCUT2D eigenvalue weighted by atomic mass is 9.77. The van der Waals surface area contributed by atoms with Crippen LogP contribution >= 0.6 is 0 Å². The van der Waals surface area contributed by atoms with E-state index in [0.717, 1.165) is 11.1 Å². The molecular weight excluding hydrogens is 282 g/mol. The van der Waals surface area contributed by atoms with E-state index in [-0.39, 0.29) is 5.91 Å². The van der Waals surface area contributed by atoms with Gasteiger partial charge < -0.3 is 19.5 Å². The van der Waals surface area contributed by atoms with Gasteiger partial charge in [-0.1, -0.05) is 42.0 Å². The van der Waals surface area contributed by atoms with Gasteiger partial charge in [0.1, 0.15) is 5.60 Å². The molecule has 0 N–H and O–H groups in total. The normalized spacial score (nSPS) is 35.2. The topological polar surface area (TPSA) is 69.7 Å². The lowest BCUT2D eigenvalue weighted by Gasteiger charge is -2.24. The van der Waals surface area contributed by atoms with E-state index in [4.69, 9.17) is 4.74 Å². The van der Waals surface area contributed by atoms with Gasteiger partial charge in [-0.15, -0.1) is 0 Å². The summed E-state index contributed by atoms with van der Waals surface area (Å²) >= 11 is 0. The highest BCUT2D eigenvalue weighted by Gasteiger charge is 2.65. The van der Waals surface area contributed by atoms with Gasteiger partial charge in [0.2, 0.25) is 5.91 Å². The second kappa shape index (κ2) is 4.43. The van der Waals surface area contributed by atoms with Crippen LogP contribution in [0.5, 0.6) is 0 Å². The standard InChI is InChI=1S/C17H17NO4/c1-10-2-4-11(5-3-10)8-18-9-17-7-6-12(22-17)13(16(20)21)14(17)15(18)19/h2-7,12-14H,8-9H2,1H3,(H,20,21)/p-1/t12-,13-,14-,17+/m0/s1. The van der Waals surface area contributed by atoms with E-state index in [1.165, 1.54) is 0 Å². The number of aliphatic carboxylic acids is 1. The Balaban J connectivity index is 1.61. The van der Waals surface area contributed by atoms with Crippen molar-refractivity contribution >= 4 is 11.9 Å². The third-order valence-electron chi connectivity index (χ3n) is 4.94. The molecule has 1 aromatic rings. The number of carboxylic acid groups (broad SMARTS) is 1. The van der Waals surface area contributed by atoms with Gasteiger partial charge >= 0.3 is 0 Å². The summed E-state index contributed by atoms with van der Waals surface area (Å²) in [6, 6.07) is 7.97. The smallest absolute Gasteiger partial charge is 0.230 e. The first-order valence-electron chi connectivity index (χ1n) is 7.42. The number of rotatable bonds is 3. The summed E-state index contributed by atoms with van der Waals surface area (Å²) in [6.45, 7) is 2.88. The number of ether oxygens (including phenoxy) is 1. The Morgan fingerprint density at radius 1 is 1.41 bits per heavy atom. The molecule has 3 heterocycles. The maximum absolute atomic E-state index is 12.7. The van der Waals surface area contributed by atoms with Gasteiger partial charge in [0.05, 0.1) is 18.6 Å². The van der Waals surface area contributed by atoms with E-state index < -0.39 is 29.5 Å². The van der Waals surface area contributed by atoms with Gasteiger partial charge in [-0.2, -0.15) is 0 Å². The molecule has 3 aliphatic rings. The molecule has 1 aromatic carbocycles. The van der Waals surface area contributed by atoms with E-state index in [9.17, 15) is 14.7 Å². The fraction of sp³-hybridized carbons (Fsp3) is 0.412. The van der Waals surface area contributed by atoms with Crippen LogP contribution in [0.4, 0.5) is 0 Å². The molecule has 5 nitrogen and oxygen atoms in total. The molecule has 0 aliphatic carbocycles. The summed E-state index contributed by atoms with van der Waals surface area (Å²) in [5, 5.41) is 11.4. The molecule has 0 unspecified atom stereocenters. The second-order valence-corrected chi connectivity index (χ2v) is 6.40. The molecule has 5 heteroatoms. The van der Waals surface area contributed by atoms with E-state index in [2.05, 4.69) is 0 Å². The highest BCUT2D eigenvalue weighted by Crippen LogP contribution is 2.51. The van der Waals surface area contributed by atoms with Gasteiger partial charge in [-0.25, -0.2) is 0 Å². The van der Waals surface area contributed by atoms with Gasteiger partial charge in [0, 0.05) is 18.4 Å². The van der Waals surface area contributed by atoms with Gasteiger partial charge in [0.15, 0.2) is 0 Å². The number of benzene rings is 1.